The van der Waals surface area contributed by atoms with Crippen molar-refractivity contribution in [1.29, 1.82) is 0 Å². The lowest BCUT2D eigenvalue weighted by molar-refractivity contribution is -0.145. The van der Waals surface area contributed by atoms with E-state index in [0.717, 1.165) is 11.1 Å². The van der Waals surface area contributed by atoms with Crippen molar-refractivity contribution in [2.24, 2.45) is 0 Å². The molecule has 0 atom stereocenters. The molecule has 0 amide bonds. The van der Waals surface area contributed by atoms with E-state index in [4.69, 9.17) is 20.9 Å². The number of rotatable bonds is 7. The standard InChI is InChI=1S/C20H17ClN2O4/c1-13-2-4-15(5-3-13)20-22-18(23-27-20)12-26-19(25)11-10-17(24)14-6-8-16(21)9-7-14/h2-9H,10-12H2,1H3. The third-order valence-electron chi connectivity index (χ3n) is 3.85. The lowest BCUT2D eigenvalue weighted by Crippen LogP contribution is -2.08. The highest BCUT2D eigenvalue weighted by molar-refractivity contribution is 6.30. The van der Waals surface area contributed by atoms with Crippen molar-refractivity contribution in [2.45, 2.75) is 26.4 Å². The third kappa shape index (κ3) is 5.24. The molecule has 0 aliphatic carbocycles. The van der Waals surface area contributed by atoms with Gasteiger partial charge in [-0.25, -0.2) is 0 Å². The van der Waals surface area contributed by atoms with E-state index in [1.54, 1.807) is 24.3 Å². The molecular weight excluding hydrogens is 368 g/mol. The number of hydrogen-bond acceptors (Lipinski definition) is 6. The molecule has 0 fully saturated rings. The number of halogens is 1. The largest absolute Gasteiger partial charge is 0.457 e. The van der Waals surface area contributed by atoms with Crippen molar-refractivity contribution >= 4 is 23.4 Å². The van der Waals surface area contributed by atoms with Crippen molar-refractivity contribution in [3.63, 3.8) is 0 Å². The number of ether oxygens (including phenoxy) is 1. The summed E-state index contributed by atoms with van der Waals surface area (Å²) in [5.41, 5.74) is 2.42. The topological polar surface area (TPSA) is 82.3 Å². The normalized spacial score (nSPS) is 10.6. The fourth-order valence-corrected chi connectivity index (χ4v) is 2.46. The molecule has 6 nitrogen and oxygen atoms in total. The summed E-state index contributed by atoms with van der Waals surface area (Å²) in [5.74, 6) is -0.0225. The number of hydrogen-bond donors (Lipinski definition) is 0. The summed E-state index contributed by atoms with van der Waals surface area (Å²) in [5, 5.41) is 4.35. The van der Waals surface area contributed by atoms with Crippen LogP contribution in [0.1, 0.15) is 34.6 Å². The van der Waals surface area contributed by atoms with Gasteiger partial charge in [-0.2, -0.15) is 4.98 Å². The predicted molar refractivity (Wildman–Crippen MR) is 99.3 cm³/mol. The fourth-order valence-electron chi connectivity index (χ4n) is 2.34. The molecule has 3 aromatic rings. The molecule has 1 aromatic heterocycles. The Kier molecular flexibility index (Phi) is 5.98. The summed E-state index contributed by atoms with van der Waals surface area (Å²) in [6.07, 6.45) is 0.0332. The Balaban J connectivity index is 1.47. The van der Waals surface area contributed by atoms with Crippen LogP contribution in [0.4, 0.5) is 0 Å². The SMILES string of the molecule is Cc1ccc(-c2nc(COC(=O)CCC(=O)c3ccc(Cl)cc3)no2)cc1. The van der Waals surface area contributed by atoms with Crippen molar-refractivity contribution in [1.82, 2.24) is 10.1 Å². The second kappa shape index (κ2) is 8.60. The van der Waals surface area contributed by atoms with Crippen LogP contribution in [0, 0.1) is 6.92 Å². The van der Waals surface area contributed by atoms with Crippen LogP contribution in [-0.2, 0) is 16.1 Å². The van der Waals surface area contributed by atoms with E-state index in [9.17, 15) is 9.59 Å². The molecule has 0 bridgehead atoms. The van der Waals surface area contributed by atoms with Crippen molar-refractivity contribution in [2.75, 3.05) is 0 Å². The minimum Gasteiger partial charge on any atom is -0.457 e. The number of ketones is 1. The van der Waals surface area contributed by atoms with E-state index in [0.29, 0.717) is 16.5 Å². The predicted octanol–water partition coefficient (Wildman–Crippen LogP) is 4.40. The van der Waals surface area contributed by atoms with Gasteiger partial charge in [-0.1, -0.05) is 34.5 Å². The molecule has 0 aliphatic heterocycles. The highest BCUT2D eigenvalue weighted by Crippen LogP contribution is 2.18. The van der Waals surface area contributed by atoms with Crippen LogP contribution in [0.2, 0.25) is 5.02 Å². The van der Waals surface area contributed by atoms with Crippen LogP contribution >= 0.6 is 11.6 Å². The Morgan fingerprint density at radius 2 is 1.74 bits per heavy atom. The van der Waals surface area contributed by atoms with Gasteiger partial charge in [0, 0.05) is 22.6 Å². The zero-order valence-electron chi connectivity index (χ0n) is 14.6. The first-order valence-electron chi connectivity index (χ1n) is 8.35. The molecule has 0 spiro atoms. The van der Waals surface area contributed by atoms with Crippen LogP contribution in [0.15, 0.2) is 53.1 Å². The van der Waals surface area contributed by atoms with Gasteiger partial charge in [0.15, 0.2) is 12.4 Å². The Morgan fingerprint density at radius 3 is 2.44 bits per heavy atom. The quantitative estimate of drug-likeness (QED) is 0.443. The van der Waals surface area contributed by atoms with E-state index < -0.39 is 5.97 Å². The molecule has 0 N–H and O–H groups in total. The molecular formula is C20H17ClN2O4. The van der Waals surface area contributed by atoms with Crippen LogP contribution < -0.4 is 0 Å². The summed E-state index contributed by atoms with van der Waals surface area (Å²) in [6.45, 7) is 1.88. The molecule has 2 aromatic carbocycles. The minimum atomic E-state index is -0.501. The molecule has 0 aliphatic rings. The number of esters is 1. The van der Waals surface area contributed by atoms with E-state index in [2.05, 4.69) is 10.1 Å². The number of nitrogens with zero attached hydrogens (tertiary/aromatic N) is 2. The number of carbonyl (C=O) groups excluding carboxylic acids is 2. The van der Waals surface area contributed by atoms with Gasteiger partial charge in [0.25, 0.3) is 5.89 Å². The highest BCUT2D eigenvalue weighted by atomic mass is 35.5. The average molecular weight is 385 g/mol. The summed E-state index contributed by atoms with van der Waals surface area (Å²) >= 11 is 5.79. The van der Waals surface area contributed by atoms with Crippen LogP contribution in [0.25, 0.3) is 11.5 Å². The van der Waals surface area contributed by atoms with Gasteiger partial charge in [0.2, 0.25) is 5.82 Å². The van der Waals surface area contributed by atoms with Gasteiger partial charge in [0.05, 0.1) is 6.42 Å². The molecule has 138 valence electrons. The summed E-state index contributed by atoms with van der Waals surface area (Å²) in [6, 6.07) is 14.2. The zero-order chi connectivity index (χ0) is 19.2. The number of aromatic nitrogens is 2. The van der Waals surface area contributed by atoms with Gasteiger partial charge >= 0.3 is 5.97 Å². The van der Waals surface area contributed by atoms with Gasteiger partial charge in [-0.05, 0) is 43.3 Å². The van der Waals surface area contributed by atoms with E-state index in [-0.39, 0.29) is 31.1 Å². The van der Waals surface area contributed by atoms with Crippen LogP contribution in [0.3, 0.4) is 0 Å². The Labute approximate surface area is 161 Å². The van der Waals surface area contributed by atoms with Gasteiger partial charge in [-0.3, -0.25) is 9.59 Å². The summed E-state index contributed by atoms with van der Waals surface area (Å²) in [4.78, 5) is 28.1. The van der Waals surface area contributed by atoms with Gasteiger partial charge in [0.1, 0.15) is 0 Å². The minimum absolute atomic E-state index is 0.0237. The van der Waals surface area contributed by atoms with E-state index >= 15 is 0 Å². The zero-order valence-corrected chi connectivity index (χ0v) is 15.4. The number of benzene rings is 2. The number of Topliss-reactive ketones (excluding diaryl/α,β-unsaturated/α-hetero) is 1. The number of aryl methyl sites for hydroxylation is 1. The van der Waals surface area contributed by atoms with Crippen molar-refractivity contribution < 1.29 is 18.8 Å². The Hall–Kier alpha value is -2.99. The fraction of sp³-hybridized carbons (Fsp3) is 0.200. The molecule has 0 radical (unpaired) electrons. The van der Waals surface area contributed by atoms with Crippen molar-refractivity contribution in [3.8, 4) is 11.5 Å². The summed E-state index contributed by atoms with van der Waals surface area (Å²) in [7, 11) is 0. The number of carbonyl (C=O) groups is 2. The second-order valence-electron chi connectivity index (χ2n) is 5.97. The van der Waals surface area contributed by atoms with Crippen LogP contribution in [0.5, 0.6) is 0 Å². The average Bonchev–Trinajstić information content (AvgIpc) is 3.14. The molecule has 3 rings (SSSR count). The Bertz CT molecular complexity index is 933. The third-order valence-corrected chi connectivity index (χ3v) is 4.10. The maximum atomic E-state index is 12.0. The van der Waals surface area contributed by atoms with Gasteiger partial charge < -0.3 is 9.26 Å². The van der Waals surface area contributed by atoms with E-state index in [1.807, 2.05) is 31.2 Å². The maximum Gasteiger partial charge on any atom is 0.306 e. The summed E-state index contributed by atoms with van der Waals surface area (Å²) < 4.78 is 10.3. The lowest BCUT2D eigenvalue weighted by atomic mass is 10.1. The maximum absolute atomic E-state index is 12.0. The van der Waals surface area contributed by atoms with Crippen LogP contribution in [-0.4, -0.2) is 21.9 Å². The van der Waals surface area contributed by atoms with Gasteiger partial charge in [-0.15, -0.1) is 0 Å². The molecule has 0 saturated carbocycles. The lowest BCUT2D eigenvalue weighted by Gasteiger charge is -2.02. The molecule has 27 heavy (non-hydrogen) atoms. The molecule has 0 unspecified atom stereocenters. The first-order valence-corrected chi connectivity index (χ1v) is 8.73. The molecule has 1 heterocycles. The van der Waals surface area contributed by atoms with E-state index in [1.165, 1.54) is 0 Å². The van der Waals surface area contributed by atoms with Crippen molar-refractivity contribution in [3.05, 3.63) is 70.5 Å². The molecule has 7 heteroatoms. The second-order valence-corrected chi connectivity index (χ2v) is 6.41. The monoisotopic (exact) mass is 384 g/mol. The highest BCUT2D eigenvalue weighted by Gasteiger charge is 2.13. The Morgan fingerprint density at radius 1 is 1.04 bits per heavy atom. The first-order chi connectivity index (χ1) is 13.0. The first kappa shape index (κ1) is 18.8. The smallest absolute Gasteiger partial charge is 0.306 e. The molecule has 0 saturated heterocycles.